The topological polar surface area (TPSA) is 53.4 Å². The maximum atomic E-state index is 12.1. The summed E-state index contributed by atoms with van der Waals surface area (Å²) in [6.07, 6.45) is 0.146. The Morgan fingerprint density at radius 3 is 2.43 bits per heavy atom. The number of nitrogens with zero attached hydrogens (tertiary/aromatic N) is 2. The first-order chi connectivity index (χ1) is 13.1. The third kappa shape index (κ3) is 3.99. The van der Waals surface area contributed by atoms with Crippen molar-refractivity contribution < 1.29 is 14.3 Å². The summed E-state index contributed by atoms with van der Waals surface area (Å²) in [6.45, 7) is 7.93. The summed E-state index contributed by atoms with van der Waals surface area (Å²) in [4.78, 5) is 16.8. The van der Waals surface area contributed by atoms with E-state index in [1.807, 2.05) is 69.6 Å². The van der Waals surface area contributed by atoms with Gasteiger partial charge in [0.15, 0.2) is 5.88 Å². The molecular formula is C22H25ClN2O3. The van der Waals surface area contributed by atoms with Gasteiger partial charge in [0.25, 0.3) is 0 Å². The summed E-state index contributed by atoms with van der Waals surface area (Å²) in [6, 6.07) is 9.58. The lowest BCUT2D eigenvalue weighted by Crippen LogP contribution is -2.24. The average molecular weight is 401 g/mol. The molecule has 0 spiro atoms. The second-order valence-corrected chi connectivity index (χ2v) is 8.24. The predicted molar refractivity (Wildman–Crippen MR) is 112 cm³/mol. The summed E-state index contributed by atoms with van der Waals surface area (Å²) in [5.74, 6) is 0.418. The molecule has 0 bridgehead atoms. The Balaban J connectivity index is 2.32. The molecule has 1 aromatic carbocycles. The van der Waals surface area contributed by atoms with Crippen molar-refractivity contribution >= 4 is 28.6 Å². The molecule has 2 heterocycles. The van der Waals surface area contributed by atoms with Crippen molar-refractivity contribution in [3.63, 3.8) is 0 Å². The van der Waals surface area contributed by atoms with E-state index < -0.39 is 0 Å². The predicted octanol–water partition coefficient (Wildman–Crippen LogP) is 5.09. The highest BCUT2D eigenvalue weighted by Gasteiger charge is 2.23. The Labute approximate surface area is 170 Å². The molecule has 0 aliphatic carbocycles. The number of carbonyl (C=O) groups is 1. The molecule has 3 rings (SSSR count). The zero-order chi connectivity index (χ0) is 20.6. The number of halogens is 1. The van der Waals surface area contributed by atoms with Crippen molar-refractivity contribution in [1.29, 1.82) is 0 Å². The Bertz CT molecular complexity index is 1030. The van der Waals surface area contributed by atoms with Gasteiger partial charge in [-0.1, -0.05) is 23.7 Å². The van der Waals surface area contributed by atoms with Gasteiger partial charge in [-0.25, -0.2) is 4.98 Å². The highest BCUT2D eigenvalue weighted by atomic mass is 35.5. The van der Waals surface area contributed by atoms with Crippen LogP contribution in [-0.2, 0) is 23.0 Å². The summed E-state index contributed by atoms with van der Waals surface area (Å²) in [5, 5.41) is 1.58. The standard InChI is InChI=1S/C22H25ClN2O3/c1-13-16(12-19(26)27-6)20(14-7-9-15(23)10-8-14)17-11-18(28-22(2,3)4)25(5)21(17)24-13/h7-11H,12H2,1-6H3. The minimum atomic E-state index is -0.341. The van der Waals surface area contributed by atoms with E-state index in [0.717, 1.165) is 39.3 Å². The van der Waals surface area contributed by atoms with Crippen molar-refractivity contribution in [3.8, 4) is 17.0 Å². The Morgan fingerprint density at radius 1 is 1.21 bits per heavy atom. The van der Waals surface area contributed by atoms with Crippen molar-refractivity contribution in [2.24, 2.45) is 7.05 Å². The van der Waals surface area contributed by atoms with Crippen molar-refractivity contribution in [2.45, 2.75) is 39.7 Å². The van der Waals surface area contributed by atoms with Crippen LogP contribution in [0, 0.1) is 6.92 Å². The van der Waals surface area contributed by atoms with Crippen LogP contribution in [0.1, 0.15) is 32.0 Å². The SMILES string of the molecule is COC(=O)Cc1c(C)nc2c(cc(OC(C)(C)C)n2C)c1-c1ccc(Cl)cc1. The molecule has 0 atom stereocenters. The molecule has 0 radical (unpaired) electrons. The van der Waals surface area contributed by atoms with Gasteiger partial charge in [0.05, 0.1) is 13.5 Å². The number of benzene rings is 1. The summed E-state index contributed by atoms with van der Waals surface area (Å²) in [5.41, 5.74) is 4.00. The molecule has 0 N–H and O–H groups in total. The highest BCUT2D eigenvalue weighted by molar-refractivity contribution is 6.30. The molecule has 0 unspecified atom stereocenters. The van der Waals surface area contributed by atoms with E-state index in [9.17, 15) is 4.79 Å². The van der Waals surface area contributed by atoms with Crippen LogP contribution in [0.3, 0.4) is 0 Å². The quantitative estimate of drug-likeness (QED) is 0.572. The van der Waals surface area contributed by atoms with Gasteiger partial charge < -0.3 is 9.47 Å². The van der Waals surface area contributed by atoms with E-state index in [4.69, 9.17) is 26.1 Å². The molecule has 28 heavy (non-hydrogen) atoms. The number of hydrogen-bond donors (Lipinski definition) is 0. The third-order valence-electron chi connectivity index (χ3n) is 4.53. The number of ether oxygens (including phenoxy) is 2. The van der Waals surface area contributed by atoms with Crippen molar-refractivity contribution in [2.75, 3.05) is 7.11 Å². The molecule has 2 aromatic heterocycles. The number of hydrogen-bond acceptors (Lipinski definition) is 4. The van der Waals surface area contributed by atoms with Gasteiger partial charge >= 0.3 is 5.97 Å². The Hall–Kier alpha value is -2.53. The van der Waals surface area contributed by atoms with E-state index in [1.165, 1.54) is 7.11 Å². The lowest BCUT2D eigenvalue weighted by molar-refractivity contribution is -0.139. The monoisotopic (exact) mass is 400 g/mol. The van der Waals surface area contributed by atoms with Gasteiger partial charge in [-0.05, 0) is 56.5 Å². The second kappa shape index (κ2) is 7.47. The molecule has 0 fully saturated rings. The Morgan fingerprint density at radius 2 is 1.86 bits per heavy atom. The molecule has 0 amide bonds. The number of methoxy groups -OCH3 is 1. The molecule has 148 valence electrons. The summed E-state index contributed by atoms with van der Waals surface area (Å²) >= 11 is 6.09. The maximum Gasteiger partial charge on any atom is 0.310 e. The number of rotatable bonds is 4. The van der Waals surface area contributed by atoms with Crippen LogP contribution in [0.15, 0.2) is 30.3 Å². The van der Waals surface area contributed by atoms with Gasteiger partial charge in [0.2, 0.25) is 0 Å². The van der Waals surface area contributed by atoms with Crippen LogP contribution in [0.4, 0.5) is 0 Å². The number of carbonyl (C=O) groups excluding carboxylic acids is 1. The average Bonchev–Trinajstić information content (AvgIpc) is 2.90. The van der Waals surface area contributed by atoms with Crippen LogP contribution in [0.2, 0.25) is 5.02 Å². The van der Waals surface area contributed by atoms with Gasteiger partial charge in [-0.3, -0.25) is 9.36 Å². The van der Waals surface area contributed by atoms with E-state index in [0.29, 0.717) is 5.02 Å². The molecule has 6 heteroatoms. The van der Waals surface area contributed by atoms with Crippen LogP contribution in [-0.4, -0.2) is 28.2 Å². The van der Waals surface area contributed by atoms with E-state index in [1.54, 1.807) is 0 Å². The maximum absolute atomic E-state index is 12.1. The normalized spacial score (nSPS) is 11.7. The van der Waals surface area contributed by atoms with Crippen molar-refractivity contribution in [3.05, 3.63) is 46.6 Å². The molecule has 0 saturated heterocycles. The molecule has 3 aromatic rings. The first-order valence-corrected chi connectivity index (χ1v) is 9.49. The molecule has 0 aliphatic heterocycles. The fourth-order valence-corrected chi connectivity index (χ4v) is 3.38. The number of pyridine rings is 1. The van der Waals surface area contributed by atoms with Crippen LogP contribution >= 0.6 is 11.6 Å². The molecular weight excluding hydrogens is 376 g/mol. The first kappa shape index (κ1) is 20.2. The molecule has 5 nitrogen and oxygen atoms in total. The van der Waals surface area contributed by atoms with E-state index >= 15 is 0 Å². The van der Waals surface area contributed by atoms with Gasteiger partial charge in [0.1, 0.15) is 11.2 Å². The number of aryl methyl sites for hydroxylation is 2. The largest absolute Gasteiger partial charge is 0.473 e. The van der Waals surface area contributed by atoms with Gasteiger partial charge in [-0.2, -0.15) is 0 Å². The van der Waals surface area contributed by atoms with E-state index in [2.05, 4.69) is 0 Å². The summed E-state index contributed by atoms with van der Waals surface area (Å²) < 4.78 is 13.0. The zero-order valence-corrected chi connectivity index (χ0v) is 17.8. The highest BCUT2D eigenvalue weighted by Crippen LogP contribution is 2.38. The molecule has 0 aliphatic rings. The second-order valence-electron chi connectivity index (χ2n) is 7.80. The lowest BCUT2D eigenvalue weighted by atomic mass is 9.94. The zero-order valence-electron chi connectivity index (χ0n) is 17.1. The lowest BCUT2D eigenvalue weighted by Gasteiger charge is -2.21. The minimum Gasteiger partial charge on any atom is -0.473 e. The smallest absolute Gasteiger partial charge is 0.310 e. The van der Waals surface area contributed by atoms with Crippen LogP contribution in [0.5, 0.6) is 5.88 Å². The fourth-order valence-electron chi connectivity index (χ4n) is 3.25. The van der Waals surface area contributed by atoms with E-state index in [-0.39, 0.29) is 18.0 Å². The number of aromatic nitrogens is 2. The molecule has 0 saturated carbocycles. The Kier molecular flexibility index (Phi) is 5.39. The first-order valence-electron chi connectivity index (χ1n) is 9.11. The van der Waals surface area contributed by atoms with Crippen LogP contribution < -0.4 is 4.74 Å². The van der Waals surface area contributed by atoms with Gasteiger partial charge in [-0.15, -0.1) is 0 Å². The number of fused-ring (bicyclic) bond motifs is 1. The minimum absolute atomic E-state index is 0.146. The van der Waals surface area contributed by atoms with Gasteiger partial charge in [0, 0.05) is 29.2 Å². The third-order valence-corrected chi connectivity index (χ3v) is 4.78. The van der Waals surface area contributed by atoms with Crippen LogP contribution in [0.25, 0.3) is 22.2 Å². The number of esters is 1. The summed E-state index contributed by atoms with van der Waals surface area (Å²) in [7, 11) is 3.32. The van der Waals surface area contributed by atoms with Crippen molar-refractivity contribution in [1.82, 2.24) is 9.55 Å². The fraction of sp³-hybridized carbons (Fsp3) is 0.364.